The van der Waals surface area contributed by atoms with Crippen molar-refractivity contribution in [3.8, 4) is 0 Å². The van der Waals surface area contributed by atoms with Crippen LogP contribution in [0.4, 0.5) is 0 Å². The second-order valence-electron chi connectivity index (χ2n) is 7.54. The van der Waals surface area contributed by atoms with E-state index in [9.17, 15) is 19.2 Å². The molecule has 0 N–H and O–H groups in total. The number of imide groups is 1. The van der Waals surface area contributed by atoms with E-state index >= 15 is 0 Å². The van der Waals surface area contributed by atoms with E-state index in [1.165, 1.54) is 35.6 Å². The lowest BCUT2D eigenvalue weighted by atomic mass is 10.0. The number of hydrogen-bond donors (Lipinski definition) is 0. The quantitative estimate of drug-likeness (QED) is 0.483. The first-order valence-corrected chi connectivity index (χ1v) is 10.3. The third kappa shape index (κ3) is 4.09. The SMILES string of the molecule is COCCCN1C(=O)c2ccc(C(=O)N3CCN(C(=O)c4cnccn4)CC3)cc2C1=O. The molecule has 1 saturated heterocycles. The van der Waals surface area contributed by atoms with Crippen LogP contribution in [0.15, 0.2) is 36.8 Å². The Morgan fingerprint density at radius 2 is 1.66 bits per heavy atom. The summed E-state index contributed by atoms with van der Waals surface area (Å²) in [5.74, 6) is -1.20. The van der Waals surface area contributed by atoms with Gasteiger partial charge in [-0.15, -0.1) is 0 Å². The van der Waals surface area contributed by atoms with Gasteiger partial charge in [-0.25, -0.2) is 4.98 Å². The van der Waals surface area contributed by atoms with Crippen LogP contribution >= 0.6 is 0 Å². The average Bonchev–Trinajstić information content (AvgIpc) is 3.08. The Hall–Kier alpha value is -3.66. The molecule has 0 bridgehead atoms. The van der Waals surface area contributed by atoms with Crippen molar-refractivity contribution < 1.29 is 23.9 Å². The number of amides is 4. The largest absolute Gasteiger partial charge is 0.385 e. The molecular formula is C22H23N5O5. The summed E-state index contributed by atoms with van der Waals surface area (Å²) in [6.45, 7) is 2.18. The summed E-state index contributed by atoms with van der Waals surface area (Å²) in [6.07, 6.45) is 4.93. The number of nitrogens with zero attached hydrogens (tertiary/aromatic N) is 5. The van der Waals surface area contributed by atoms with E-state index in [4.69, 9.17) is 4.74 Å². The molecular weight excluding hydrogens is 414 g/mol. The van der Waals surface area contributed by atoms with Crippen molar-refractivity contribution in [2.75, 3.05) is 46.4 Å². The summed E-state index contributed by atoms with van der Waals surface area (Å²) >= 11 is 0. The molecule has 2 aliphatic heterocycles. The normalized spacial score (nSPS) is 15.8. The highest BCUT2D eigenvalue weighted by molar-refractivity contribution is 6.22. The number of carbonyl (C=O) groups is 4. The number of fused-ring (bicyclic) bond motifs is 1. The van der Waals surface area contributed by atoms with Gasteiger partial charge in [0.2, 0.25) is 0 Å². The predicted octanol–water partition coefficient (Wildman–Crippen LogP) is 0.707. The van der Waals surface area contributed by atoms with E-state index < -0.39 is 5.91 Å². The Morgan fingerprint density at radius 1 is 0.969 bits per heavy atom. The first-order valence-electron chi connectivity index (χ1n) is 10.3. The van der Waals surface area contributed by atoms with Crippen molar-refractivity contribution in [2.45, 2.75) is 6.42 Å². The number of ether oxygens (including phenoxy) is 1. The zero-order valence-electron chi connectivity index (χ0n) is 17.7. The van der Waals surface area contributed by atoms with Gasteiger partial charge in [-0.1, -0.05) is 0 Å². The summed E-state index contributed by atoms with van der Waals surface area (Å²) in [5.41, 5.74) is 1.17. The van der Waals surface area contributed by atoms with Gasteiger partial charge in [0.15, 0.2) is 0 Å². The summed E-state index contributed by atoms with van der Waals surface area (Å²) in [5, 5.41) is 0. The highest BCUT2D eigenvalue weighted by Gasteiger charge is 2.36. The van der Waals surface area contributed by atoms with Crippen LogP contribution in [0.3, 0.4) is 0 Å². The van der Waals surface area contributed by atoms with Crippen LogP contribution in [0.5, 0.6) is 0 Å². The lowest BCUT2D eigenvalue weighted by Crippen LogP contribution is -2.50. The maximum absolute atomic E-state index is 13.0. The van der Waals surface area contributed by atoms with Gasteiger partial charge >= 0.3 is 0 Å². The van der Waals surface area contributed by atoms with Gasteiger partial charge in [0.1, 0.15) is 5.69 Å². The Kier molecular flexibility index (Phi) is 6.22. The standard InChI is InChI=1S/C22H23N5O5/c1-32-12-2-7-27-20(29)16-4-3-15(13-17(16)21(27)30)19(28)25-8-10-26(11-9-25)22(31)18-14-23-5-6-24-18/h3-6,13-14H,2,7-12H2,1H3. The first kappa shape index (κ1) is 21.6. The second kappa shape index (κ2) is 9.23. The van der Waals surface area contributed by atoms with Crippen LogP contribution in [-0.4, -0.2) is 94.7 Å². The molecule has 0 unspecified atom stereocenters. The topological polar surface area (TPSA) is 113 Å². The van der Waals surface area contributed by atoms with Crippen molar-refractivity contribution in [3.63, 3.8) is 0 Å². The fraction of sp³-hybridized carbons (Fsp3) is 0.364. The molecule has 4 amide bonds. The van der Waals surface area contributed by atoms with Crippen molar-refractivity contribution in [1.29, 1.82) is 0 Å². The molecule has 166 valence electrons. The molecule has 0 aliphatic carbocycles. The van der Waals surface area contributed by atoms with E-state index in [0.717, 1.165) is 0 Å². The van der Waals surface area contributed by atoms with Crippen LogP contribution in [0.1, 0.15) is 48.0 Å². The van der Waals surface area contributed by atoms with Crippen LogP contribution in [0.25, 0.3) is 0 Å². The zero-order valence-corrected chi connectivity index (χ0v) is 17.7. The van der Waals surface area contributed by atoms with E-state index in [1.54, 1.807) is 23.0 Å². The minimum absolute atomic E-state index is 0.222. The van der Waals surface area contributed by atoms with Gasteiger partial charge in [-0.2, -0.15) is 0 Å². The Bertz CT molecular complexity index is 1050. The molecule has 1 aromatic carbocycles. The highest BCUT2D eigenvalue weighted by atomic mass is 16.5. The maximum Gasteiger partial charge on any atom is 0.274 e. The van der Waals surface area contributed by atoms with E-state index in [-0.39, 0.29) is 35.5 Å². The predicted molar refractivity (Wildman–Crippen MR) is 112 cm³/mol. The summed E-state index contributed by atoms with van der Waals surface area (Å²) in [4.78, 5) is 63.1. The Balaban J connectivity index is 1.41. The minimum Gasteiger partial charge on any atom is -0.385 e. The van der Waals surface area contributed by atoms with E-state index in [2.05, 4.69) is 9.97 Å². The summed E-state index contributed by atoms with van der Waals surface area (Å²) in [7, 11) is 1.56. The number of benzene rings is 1. The van der Waals surface area contributed by atoms with Crippen molar-refractivity contribution >= 4 is 23.6 Å². The Labute approximate surface area is 184 Å². The average molecular weight is 437 g/mol. The molecule has 2 aromatic rings. The lowest BCUT2D eigenvalue weighted by molar-refractivity contribution is 0.0532. The first-order chi connectivity index (χ1) is 15.5. The fourth-order valence-corrected chi connectivity index (χ4v) is 3.86. The molecule has 1 aromatic heterocycles. The number of hydrogen-bond acceptors (Lipinski definition) is 7. The lowest BCUT2D eigenvalue weighted by Gasteiger charge is -2.34. The molecule has 4 rings (SSSR count). The minimum atomic E-state index is -0.393. The molecule has 10 heteroatoms. The maximum atomic E-state index is 13.0. The number of methoxy groups -OCH3 is 1. The van der Waals surface area contributed by atoms with E-state index in [0.29, 0.717) is 50.3 Å². The molecule has 10 nitrogen and oxygen atoms in total. The number of aromatic nitrogens is 2. The van der Waals surface area contributed by atoms with Gasteiger partial charge in [0.25, 0.3) is 23.6 Å². The fourth-order valence-electron chi connectivity index (χ4n) is 3.86. The van der Waals surface area contributed by atoms with E-state index in [1.807, 2.05) is 0 Å². The molecule has 0 spiro atoms. The molecule has 3 heterocycles. The number of rotatable bonds is 6. The van der Waals surface area contributed by atoms with Gasteiger partial charge < -0.3 is 14.5 Å². The van der Waals surface area contributed by atoms with Crippen LogP contribution in [0, 0.1) is 0 Å². The van der Waals surface area contributed by atoms with Crippen molar-refractivity contribution in [3.05, 3.63) is 59.2 Å². The van der Waals surface area contributed by atoms with Gasteiger partial charge in [-0.3, -0.25) is 29.1 Å². The monoisotopic (exact) mass is 437 g/mol. The molecule has 2 aliphatic rings. The van der Waals surface area contributed by atoms with Crippen molar-refractivity contribution in [2.24, 2.45) is 0 Å². The van der Waals surface area contributed by atoms with Crippen LogP contribution in [-0.2, 0) is 4.74 Å². The second-order valence-corrected chi connectivity index (χ2v) is 7.54. The van der Waals surface area contributed by atoms with Gasteiger partial charge in [-0.05, 0) is 24.6 Å². The van der Waals surface area contributed by atoms with Gasteiger partial charge in [0, 0.05) is 64.4 Å². The molecule has 0 radical (unpaired) electrons. The van der Waals surface area contributed by atoms with Gasteiger partial charge in [0.05, 0.1) is 17.3 Å². The third-order valence-electron chi connectivity index (χ3n) is 5.58. The summed E-state index contributed by atoms with van der Waals surface area (Å²) in [6, 6.07) is 4.60. The molecule has 1 fully saturated rings. The molecule has 0 atom stereocenters. The van der Waals surface area contributed by atoms with Crippen LogP contribution < -0.4 is 0 Å². The Morgan fingerprint density at radius 3 is 2.31 bits per heavy atom. The zero-order chi connectivity index (χ0) is 22.7. The van der Waals surface area contributed by atoms with Crippen molar-refractivity contribution in [1.82, 2.24) is 24.7 Å². The molecule has 32 heavy (non-hydrogen) atoms. The highest BCUT2D eigenvalue weighted by Crippen LogP contribution is 2.25. The number of piperazine rings is 1. The third-order valence-corrected chi connectivity index (χ3v) is 5.58. The summed E-state index contributed by atoms with van der Waals surface area (Å²) < 4.78 is 4.98. The number of carbonyl (C=O) groups excluding carboxylic acids is 4. The smallest absolute Gasteiger partial charge is 0.274 e. The van der Waals surface area contributed by atoms with Crippen LogP contribution in [0.2, 0.25) is 0 Å². The molecule has 0 saturated carbocycles.